The van der Waals surface area contributed by atoms with Gasteiger partial charge >= 0.3 is 0 Å². The van der Waals surface area contributed by atoms with Gasteiger partial charge in [0.05, 0.1) is 28.6 Å². The van der Waals surface area contributed by atoms with E-state index in [4.69, 9.17) is 11.6 Å². The SMILES string of the molecule is CCCn1nncc1C(NC)c1ncccc1Cl. The lowest BCUT2D eigenvalue weighted by molar-refractivity contribution is 0.519. The molecule has 0 saturated carbocycles. The first-order valence-corrected chi connectivity index (χ1v) is 6.31. The maximum Gasteiger partial charge on any atom is 0.0951 e. The molecule has 2 aromatic rings. The van der Waals surface area contributed by atoms with Gasteiger partial charge in [0, 0.05) is 12.7 Å². The summed E-state index contributed by atoms with van der Waals surface area (Å²) in [5.74, 6) is 0. The summed E-state index contributed by atoms with van der Waals surface area (Å²) in [5.41, 5.74) is 1.77. The molecule has 0 spiro atoms. The number of rotatable bonds is 5. The van der Waals surface area contributed by atoms with Crippen molar-refractivity contribution in [2.24, 2.45) is 0 Å². The molecule has 0 aliphatic carbocycles. The van der Waals surface area contributed by atoms with Crippen LogP contribution in [0.1, 0.15) is 30.8 Å². The van der Waals surface area contributed by atoms with Crippen molar-refractivity contribution < 1.29 is 0 Å². The van der Waals surface area contributed by atoms with Gasteiger partial charge in [-0.2, -0.15) is 0 Å². The fourth-order valence-electron chi connectivity index (χ4n) is 1.91. The molecule has 6 heteroatoms. The Bertz CT molecular complexity index is 511. The monoisotopic (exact) mass is 265 g/mol. The number of halogens is 1. The van der Waals surface area contributed by atoms with E-state index in [0.29, 0.717) is 5.02 Å². The van der Waals surface area contributed by atoms with Gasteiger partial charge in [-0.05, 0) is 25.6 Å². The molecule has 0 saturated heterocycles. The Morgan fingerprint density at radius 3 is 3.00 bits per heavy atom. The van der Waals surface area contributed by atoms with E-state index in [1.54, 1.807) is 12.4 Å². The van der Waals surface area contributed by atoms with Crippen molar-refractivity contribution >= 4 is 11.6 Å². The molecule has 0 aliphatic rings. The second kappa shape index (κ2) is 5.93. The number of pyridine rings is 1. The fourth-order valence-corrected chi connectivity index (χ4v) is 2.14. The lowest BCUT2D eigenvalue weighted by atomic mass is 10.1. The van der Waals surface area contributed by atoms with E-state index in [-0.39, 0.29) is 6.04 Å². The average Bonchev–Trinajstić information content (AvgIpc) is 2.82. The van der Waals surface area contributed by atoms with Crippen molar-refractivity contribution in [1.82, 2.24) is 25.3 Å². The Morgan fingerprint density at radius 1 is 1.50 bits per heavy atom. The predicted octanol–water partition coefficient (Wildman–Crippen LogP) is 2.05. The second-order valence-electron chi connectivity index (χ2n) is 3.97. The molecular formula is C12H16ClN5. The van der Waals surface area contributed by atoms with Crippen LogP contribution in [0.15, 0.2) is 24.5 Å². The van der Waals surface area contributed by atoms with E-state index in [1.165, 1.54) is 0 Å². The molecule has 0 aromatic carbocycles. The van der Waals surface area contributed by atoms with E-state index in [9.17, 15) is 0 Å². The molecule has 96 valence electrons. The number of hydrogen-bond donors (Lipinski definition) is 1. The number of aromatic nitrogens is 4. The van der Waals surface area contributed by atoms with Crippen LogP contribution in [0.2, 0.25) is 5.02 Å². The highest BCUT2D eigenvalue weighted by Crippen LogP contribution is 2.25. The summed E-state index contributed by atoms with van der Waals surface area (Å²) in [6, 6.07) is 3.56. The van der Waals surface area contributed by atoms with Crippen LogP contribution in [0, 0.1) is 0 Å². The van der Waals surface area contributed by atoms with E-state index in [2.05, 4.69) is 27.5 Å². The van der Waals surface area contributed by atoms with Gasteiger partial charge in [0.1, 0.15) is 0 Å². The van der Waals surface area contributed by atoms with Crippen LogP contribution < -0.4 is 5.32 Å². The second-order valence-corrected chi connectivity index (χ2v) is 4.38. The van der Waals surface area contributed by atoms with Crippen LogP contribution in [-0.4, -0.2) is 27.0 Å². The molecule has 0 bridgehead atoms. The van der Waals surface area contributed by atoms with Gasteiger partial charge in [0.15, 0.2) is 0 Å². The third-order valence-corrected chi connectivity index (χ3v) is 3.05. The Hall–Kier alpha value is -1.46. The van der Waals surface area contributed by atoms with Crippen LogP contribution in [-0.2, 0) is 6.54 Å². The molecule has 0 fully saturated rings. The summed E-state index contributed by atoms with van der Waals surface area (Å²) in [4.78, 5) is 4.34. The molecule has 2 aromatic heterocycles. The molecule has 5 nitrogen and oxygen atoms in total. The molecule has 1 unspecified atom stereocenters. The normalized spacial score (nSPS) is 12.6. The highest BCUT2D eigenvalue weighted by atomic mass is 35.5. The van der Waals surface area contributed by atoms with Crippen molar-refractivity contribution in [2.45, 2.75) is 25.9 Å². The summed E-state index contributed by atoms with van der Waals surface area (Å²) in [6.45, 7) is 2.94. The molecule has 1 atom stereocenters. The lowest BCUT2D eigenvalue weighted by Crippen LogP contribution is -2.23. The minimum absolute atomic E-state index is 0.0970. The number of hydrogen-bond acceptors (Lipinski definition) is 4. The topological polar surface area (TPSA) is 55.6 Å². The van der Waals surface area contributed by atoms with E-state index >= 15 is 0 Å². The van der Waals surface area contributed by atoms with Crippen LogP contribution in [0.25, 0.3) is 0 Å². The molecular weight excluding hydrogens is 250 g/mol. The number of nitrogens with one attached hydrogen (secondary N) is 1. The smallest absolute Gasteiger partial charge is 0.0951 e. The fraction of sp³-hybridized carbons (Fsp3) is 0.417. The standard InChI is InChI=1S/C12H16ClN5/c1-3-7-18-10(8-16-17-18)12(14-2)11-9(13)5-4-6-15-11/h4-6,8,12,14H,3,7H2,1-2H3. The van der Waals surface area contributed by atoms with Gasteiger partial charge in [-0.1, -0.05) is 23.7 Å². The van der Waals surface area contributed by atoms with E-state index < -0.39 is 0 Å². The first-order chi connectivity index (χ1) is 8.77. The van der Waals surface area contributed by atoms with Crippen molar-refractivity contribution in [2.75, 3.05) is 7.05 Å². The molecule has 0 aliphatic heterocycles. The Balaban J connectivity index is 2.39. The van der Waals surface area contributed by atoms with Crippen LogP contribution in [0.4, 0.5) is 0 Å². The summed E-state index contributed by atoms with van der Waals surface area (Å²) in [5, 5.41) is 11.9. The minimum Gasteiger partial charge on any atom is -0.307 e. The summed E-state index contributed by atoms with van der Waals surface area (Å²) >= 11 is 6.19. The first-order valence-electron chi connectivity index (χ1n) is 5.94. The van der Waals surface area contributed by atoms with Gasteiger partial charge in [-0.25, -0.2) is 4.68 Å². The maximum absolute atomic E-state index is 6.19. The molecule has 0 amide bonds. The van der Waals surface area contributed by atoms with Crippen LogP contribution in [0.3, 0.4) is 0 Å². The number of aryl methyl sites for hydroxylation is 1. The van der Waals surface area contributed by atoms with E-state index in [0.717, 1.165) is 24.4 Å². The average molecular weight is 266 g/mol. The van der Waals surface area contributed by atoms with Gasteiger partial charge in [0.2, 0.25) is 0 Å². The largest absolute Gasteiger partial charge is 0.307 e. The minimum atomic E-state index is -0.0970. The first kappa shape index (κ1) is 13.0. The van der Waals surface area contributed by atoms with E-state index in [1.807, 2.05) is 23.9 Å². The molecule has 1 N–H and O–H groups in total. The van der Waals surface area contributed by atoms with Gasteiger partial charge < -0.3 is 5.32 Å². The van der Waals surface area contributed by atoms with Crippen molar-refractivity contribution in [3.63, 3.8) is 0 Å². The Kier molecular flexibility index (Phi) is 4.28. The van der Waals surface area contributed by atoms with Gasteiger partial charge in [0.25, 0.3) is 0 Å². The third kappa shape index (κ3) is 2.52. The quantitative estimate of drug-likeness (QED) is 0.899. The predicted molar refractivity (Wildman–Crippen MR) is 70.5 cm³/mol. The maximum atomic E-state index is 6.19. The zero-order valence-electron chi connectivity index (χ0n) is 10.5. The third-order valence-electron chi connectivity index (χ3n) is 2.73. The Morgan fingerprint density at radius 2 is 2.33 bits per heavy atom. The zero-order chi connectivity index (χ0) is 13.0. The zero-order valence-corrected chi connectivity index (χ0v) is 11.2. The van der Waals surface area contributed by atoms with Crippen LogP contribution in [0.5, 0.6) is 0 Å². The molecule has 2 rings (SSSR count). The highest BCUT2D eigenvalue weighted by Gasteiger charge is 2.20. The van der Waals surface area contributed by atoms with Crippen molar-refractivity contribution in [3.05, 3.63) is 40.9 Å². The van der Waals surface area contributed by atoms with Crippen molar-refractivity contribution in [3.8, 4) is 0 Å². The summed E-state index contributed by atoms with van der Waals surface area (Å²) in [7, 11) is 1.87. The van der Waals surface area contributed by atoms with Gasteiger partial charge in [-0.3, -0.25) is 4.98 Å². The molecule has 0 radical (unpaired) electrons. The molecule has 2 heterocycles. The summed E-state index contributed by atoms with van der Waals surface area (Å²) < 4.78 is 1.88. The highest BCUT2D eigenvalue weighted by molar-refractivity contribution is 6.31. The molecule has 18 heavy (non-hydrogen) atoms. The summed E-state index contributed by atoms with van der Waals surface area (Å²) in [6.07, 6.45) is 4.49. The lowest BCUT2D eigenvalue weighted by Gasteiger charge is -2.17. The van der Waals surface area contributed by atoms with Crippen LogP contribution >= 0.6 is 11.6 Å². The van der Waals surface area contributed by atoms with Crippen molar-refractivity contribution in [1.29, 1.82) is 0 Å². The van der Waals surface area contributed by atoms with Gasteiger partial charge in [-0.15, -0.1) is 5.10 Å². The Labute approximate surface area is 111 Å². The number of nitrogens with zero attached hydrogens (tertiary/aromatic N) is 4.